The van der Waals surface area contributed by atoms with Gasteiger partial charge in [0.05, 0.1) is 0 Å². The Hall–Kier alpha value is -0.0800. The van der Waals surface area contributed by atoms with Crippen LogP contribution in [0.2, 0.25) is 0 Å². The molecule has 0 heterocycles. The van der Waals surface area contributed by atoms with Crippen molar-refractivity contribution < 1.29 is 0 Å². The van der Waals surface area contributed by atoms with Crippen molar-refractivity contribution in [2.75, 3.05) is 19.6 Å². The lowest BCUT2D eigenvalue weighted by Crippen LogP contribution is -2.60. The minimum atomic E-state index is 0.440. The second-order valence-corrected chi connectivity index (χ2v) is 7.31. The first kappa shape index (κ1) is 19.0. The van der Waals surface area contributed by atoms with Gasteiger partial charge in [0.1, 0.15) is 0 Å². The second kappa shape index (κ2) is 9.84. The number of hydrogen-bond acceptors (Lipinski definition) is 2. The summed E-state index contributed by atoms with van der Waals surface area (Å²) in [6.07, 6.45) is 11.0. The first-order chi connectivity index (χ1) is 10.1. The van der Waals surface area contributed by atoms with Gasteiger partial charge in [-0.3, -0.25) is 4.90 Å². The molecule has 1 aliphatic carbocycles. The Morgan fingerprint density at radius 2 is 1.62 bits per heavy atom. The molecule has 1 rings (SSSR count). The molecule has 0 aromatic rings. The van der Waals surface area contributed by atoms with Gasteiger partial charge in [0.2, 0.25) is 0 Å². The molecule has 2 nitrogen and oxygen atoms in total. The molecule has 1 N–H and O–H groups in total. The van der Waals surface area contributed by atoms with Gasteiger partial charge in [0.15, 0.2) is 0 Å². The van der Waals surface area contributed by atoms with Gasteiger partial charge < -0.3 is 5.32 Å². The first-order valence-corrected chi connectivity index (χ1v) is 9.59. The zero-order valence-electron chi connectivity index (χ0n) is 15.4. The minimum Gasteiger partial charge on any atom is -0.312 e. The van der Waals surface area contributed by atoms with Gasteiger partial charge >= 0.3 is 0 Å². The average Bonchev–Trinajstić information content (AvgIpc) is 2.94. The number of nitrogens with zero attached hydrogens (tertiary/aromatic N) is 1. The predicted octanol–water partition coefficient (Wildman–Crippen LogP) is 4.84. The summed E-state index contributed by atoms with van der Waals surface area (Å²) in [4.78, 5) is 2.77. The van der Waals surface area contributed by atoms with Crippen LogP contribution in [0.4, 0.5) is 0 Å². The third-order valence-corrected chi connectivity index (χ3v) is 5.43. The molecule has 0 saturated heterocycles. The third kappa shape index (κ3) is 5.25. The molecule has 0 aromatic carbocycles. The Kier molecular flexibility index (Phi) is 8.89. The second-order valence-electron chi connectivity index (χ2n) is 7.31. The zero-order chi connectivity index (χ0) is 15.7. The van der Waals surface area contributed by atoms with Crippen molar-refractivity contribution >= 4 is 0 Å². The summed E-state index contributed by atoms with van der Waals surface area (Å²) < 4.78 is 0. The molecule has 21 heavy (non-hydrogen) atoms. The molecular weight excluding hydrogens is 256 g/mol. The molecule has 1 saturated carbocycles. The van der Waals surface area contributed by atoms with E-state index in [2.05, 4.69) is 44.8 Å². The Morgan fingerprint density at radius 1 is 1.00 bits per heavy atom. The molecular formula is C19H40N2. The van der Waals surface area contributed by atoms with Crippen LogP contribution >= 0.6 is 0 Å². The van der Waals surface area contributed by atoms with Gasteiger partial charge in [-0.25, -0.2) is 0 Å². The highest BCUT2D eigenvalue weighted by molar-refractivity contribution is 5.03. The van der Waals surface area contributed by atoms with E-state index in [1.54, 1.807) is 0 Å². The molecule has 0 aromatic heterocycles. The molecule has 1 aliphatic rings. The highest BCUT2D eigenvalue weighted by Crippen LogP contribution is 2.39. The van der Waals surface area contributed by atoms with E-state index in [9.17, 15) is 0 Å². The molecule has 1 unspecified atom stereocenters. The van der Waals surface area contributed by atoms with Crippen LogP contribution in [0.5, 0.6) is 0 Å². The van der Waals surface area contributed by atoms with Crippen LogP contribution in [0.25, 0.3) is 0 Å². The van der Waals surface area contributed by atoms with Gasteiger partial charge in [-0.2, -0.15) is 0 Å². The van der Waals surface area contributed by atoms with Crippen LogP contribution in [0.3, 0.4) is 0 Å². The first-order valence-electron chi connectivity index (χ1n) is 9.59. The number of nitrogens with one attached hydrogen (secondary N) is 1. The normalized spacial score (nSPS) is 19.6. The van der Waals surface area contributed by atoms with Crippen LogP contribution < -0.4 is 5.32 Å². The standard InChI is InChI=1S/C19H40N2/c1-6-16-20-18(13-11-12-17(4)5)19(14-9-10-15-19)21(7-2)8-3/h17-18,20H,6-16H2,1-5H3. The van der Waals surface area contributed by atoms with Crippen LogP contribution in [0.1, 0.15) is 86.0 Å². The summed E-state index contributed by atoms with van der Waals surface area (Å²) in [5, 5.41) is 3.93. The van der Waals surface area contributed by atoms with E-state index in [0.717, 1.165) is 5.92 Å². The fraction of sp³-hybridized carbons (Fsp3) is 1.00. The maximum atomic E-state index is 3.93. The van der Waals surface area contributed by atoms with E-state index in [1.807, 2.05) is 0 Å². The lowest BCUT2D eigenvalue weighted by Gasteiger charge is -2.47. The maximum absolute atomic E-state index is 3.93. The zero-order valence-corrected chi connectivity index (χ0v) is 15.4. The van der Waals surface area contributed by atoms with Crippen LogP contribution in [0, 0.1) is 5.92 Å². The van der Waals surface area contributed by atoms with Crippen molar-refractivity contribution in [3.63, 3.8) is 0 Å². The van der Waals surface area contributed by atoms with Crippen LogP contribution in [0.15, 0.2) is 0 Å². The van der Waals surface area contributed by atoms with Gasteiger partial charge in [-0.1, -0.05) is 60.3 Å². The van der Waals surface area contributed by atoms with E-state index in [4.69, 9.17) is 0 Å². The predicted molar refractivity (Wildman–Crippen MR) is 94.9 cm³/mol. The molecule has 0 aliphatic heterocycles. The SMILES string of the molecule is CCCNC(CCCC(C)C)C1(N(CC)CC)CCCC1. The van der Waals surface area contributed by atoms with Gasteiger partial charge in [-0.05, 0) is 51.2 Å². The molecule has 1 atom stereocenters. The van der Waals surface area contributed by atoms with E-state index in [0.29, 0.717) is 11.6 Å². The van der Waals surface area contributed by atoms with E-state index >= 15 is 0 Å². The minimum absolute atomic E-state index is 0.440. The highest BCUT2D eigenvalue weighted by Gasteiger charge is 2.44. The summed E-state index contributed by atoms with van der Waals surface area (Å²) in [5.74, 6) is 0.838. The van der Waals surface area contributed by atoms with Gasteiger partial charge in [0.25, 0.3) is 0 Å². The molecule has 0 bridgehead atoms. The van der Waals surface area contributed by atoms with E-state index in [-0.39, 0.29) is 0 Å². The summed E-state index contributed by atoms with van der Waals surface area (Å²) in [5.41, 5.74) is 0.440. The fourth-order valence-electron chi connectivity index (χ4n) is 4.34. The quantitative estimate of drug-likeness (QED) is 0.587. The lowest BCUT2D eigenvalue weighted by molar-refractivity contribution is 0.0583. The summed E-state index contributed by atoms with van der Waals surface area (Å²) in [6.45, 7) is 15.2. The Morgan fingerprint density at radius 3 is 2.10 bits per heavy atom. The van der Waals surface area contributed by atoms with E-state index < -0.39 is 0 Å². The summed E-state index contributed by atoms with van der Waals surface area (Å²) >= 11 is 0. The fourth-order valence-corrected chi connectivity index (χ4v) is 4.34. The Balaban J connectivity index is 2.78. The third-order valence-electron chi connectivity index (χ3n) is 5.43. The van der Waals surface area contributed by atoms with Gasteiger partial charge in [0, 0.05) is 11.6 Å². The van der Waals surface area contributed by atoms with Gasteiger partial charge in [-0.15, -0.1) is 0 Å². The van der Waals surface area contributed by atoms with Crippen LogP contribution in [-0.2, 0) is 0 Å². The molecule has 126 valence electrons. The van der Waals surface area contributed by atoms with Crippen molar-refractivity contribution in [1.29, 1.82) is 0 Å². The summed E-state index contributed by atoms with van der Waals surface area (Å²) in [6, 6.07) is 0.693. The van der Waals surface area contributed by atoms with Crippen molar-refractivity contribution in [3.05, 3.63) is 0 Å². The number of hydrogen-bond donors (Lipinski definition) is 1. The lowest BCUT2D eigenvalue weighted by atomic mass is 9.82. The van der Waals surface area contributed by atoms with Crippen molar-refractivity contribution in [1.82, 2.24) is 10.2 Å². The van der Waals surface area contributed by atoms with E-state index in [1.165, 1.54) is 71.0 Å². The number of likely N-dealkylation sites (N-methyl/N-ethyl adjacent to an activating group) is 1. The Labute approximate surface area is 134 Å². The maximum Gasteiger partial charge on any atom is 0.0362 e. The molecule has 0 amide bonds. The largest absolute Gasteiger partial charge is 0.312 e. The summed E-state index contributed by atoms with van der Waals surface area (Å²) in [7, 11) is 0. The topological polar surface area (TPSA) is 15.3 Å². The van der Waals surface area contributed by atoms with Crippen molar-refractivity contribution in [2.24, 2.45) is 5.92 Å². The average molecular weight is 297 g/mol. The Bertz CT molecular complexity index is 252. The molecule has 0 spiro atoms. The number of rotatable bonds is 11. The monoisotopic (exact) mass is 296 g/mol. The van der Waals surface area contributed by atoms with Crippen molar-refractivity contribution in [2.45, 2.75) is 97.6 Å². The van der Waals surface area contributed by atoms with Crippen molar-refractivity contribution in [3.8, 4) is 0 Å². The molecule has 2 heteroatoms. The molecule has 0 radical (unpaired) electrons. The smallest absolute Gasteiger partial charge is 0.0362 e. The highest BCUT2D eigenvalue weighted by atomic mass is 15.2. The van der Waals surface area contributed by atoms with Crippen LogP contribution in [-0.4, -0.2) is 36.1 Å². The molecule has 1 fully saturated rings.